The van der Waals surface area contributed by atoms with E-state index in [1.165, 1.54) is 0 Å². The lowest BCUT2D eigenvalue weighted by molar-refractivity contribution is -0.122. The number of carbonyl (C=O) groups is 1. The minimum atomic E-state index is -0.672. The van der Waals surface area contributed by atoms with Crippen molar-refractivity contribution >= 4 is 34.8 Å². The average Bonchev–Trinajstić information content (AvgIpc) is 2.42. The number of anilines is 1. The standard InChI is InChI=1S/C17H17Cl2NO2/c1-10-5-4-6-16(11(10)2)20-17(21)12(3)22-15-8-13(18)7-14(19)9-15/h4-9,12H,1-3H3,(H,20,21). The second-order valence-electron chi connectivity index (χ2n) is 5.10. The molecule has 0 radical (unpaired) electrons. The highest BCUT2D eigenvalue weighted by molar-refractivity contribution is 6.34. The van der Waals surface area contributed by atoms with Crippen molar-refractivity contribution in [1.29, 1.82) is 0 Å². The van der Waals surface area contributed by atoms with Crippen LogP contribution >= 0.6 is 23.2 Å². The highest BCUT2D eigenvalue weighted by atomic mass is 35.5. The van der Waals surface area contributed by atoms with Gasteiger partial charge in [0.1, 0.15) is 5.75 Å². The number of halogens is 2. The van der Waals surface area contributed by atoms with Crippen LogP contribution in [0.4, 0.5) is 5.69 Å². The molecule has 1 N–H and O–H groups in total. The van der Waals surface area contributed by atoms with Gasteiger partial charge in [-0.2, -0.15) is 0 Å². The Balaban J connectivity index is 2.07. The van der Waals surface area contributed by atoms with Gasteiger partial charge in [0.15, 0.2) is 6.10 Å². The number of aryl methyl sites for hydroxylation is 1. The average molecular weight is 338 g/mol. The Kier molecular flexibility index (Phi) is 5.33. The van der Waals surface area contributed by atoms with Crippen LogP contribution in [0.1, 0.15) is 18.1 Å². The van der Waals surface area contributed by atoms with Crippen molar-refractivity contribution in [2.45, 2.75) is 26.9 Å². The Morgan fingerprint density at radius 2 is 1.77 bits per heavy atom. The van der Waals surface area contributed by atoms with Gasteiger partial charge in [-0.05, 0) is 56.2 Å². The zero-order valence-corrected chi connectivity index (χ0v) is 14.1. The molecule has 2 aromatic rings. The van der Waals surface area contributed by atoms with Gasteiger partial charge in [0.05, 0.1) is 0 Å². The maximum atomic E-state index is 12.2. The number of hydrogen-bond acceptors (Lipinski definition) is 2. The summed E-state index contributed by atoms with van der Waals surface area (Å²) >= 11 is 11.8. The predicted octanol–water partition coefficient (Wildman–Crippen LogP) is 5.02. The number of rotatable bonds is 4. The number of ether oxygens (including phenoxy) is 1. The van der Waals surface area contributed by atoms with E-state index in [0.717, 1.165) is 16.8 Å². The lowest BCUT2D eigenvalue weighted by Gasteiger charge is -2.16. The van der Waals surface area contributed by atoms with E-state index in [-0.39, 0.29) is 5.91 Å². The summed E-state index contributed by atoms with van der Waals surface area (Å²) < 4.78 is 5.60. The summed E-state index contributed by atoms with van der Waals surface area (Å²) in [5.41, 5.74) is 2.94. The second kappa shape index (κ2) is 7.03. The van der Waals surface area contributed by atoms with Crippen LogP contribution < -0.4 is 10.1 Å². The molecule has 0 aliphatic heterocycles. The first-order valence-corrected chi connectivity index (χ1v) is 7.62. The molecule has 2 aromatic carbocycles. The zero-order chi connectivity index (χ0) is 16.3. The summed E-state index contributed by atoms with van der Waals surface area (Å²) in [7, 11) is 0. The fourth-order valence-electron chi connectivity index (χ4n) is 1.98. The lowest BCUT2D eigenvalue weighted by Crippen LogP contribution is -2.30. The Morgan fingerprint density at radius 3 is 2.41 bits per heavy atom. The molecule has 0 spiro atoms. The van der Waals surface area contributed by atoms with Crippen LogP contribution in [0.3, 0.4) is 0 Å². The van der Waals surface area contributed by atoms with E-state index in [4.69, 9.17) is 27.9 Å². The molecular formula is C17H17Cl2NO2. The van der Waals surface area contributed by atoms with Crippen LogP contribution in [-0.4, -0.2) is 12.0 Å². The van der Waals surface area contributed by atoms with Gasteiger partial charge < -0.3 is 10.1 Å². The van der Waals surface area contributed by atoms with Gasteiger partial charge >= 0.3 is 0 Å². The highest BCUT2D eigenvalue weighted by Gasteiger charge is 2.16. The van der Waals surface area contributed by atoms with Crippen molar-refractivity contribution in [1.82, 2.24) is 0 Å². The Bertz CT molecular complexity index is 681. The van der Waals surface area contributed by atoms with Gasteiger partial charge in [0.25, 0.3) is 5.91 Å². The van der Waals surface area contributed by atoms with Gasteiger partial charge in [0, 0.05) is 15.7 Å². The maximum absolute atomic E-state index is 12.2. The third-order valence-electron chi connectivity index (χ3n) is 3.38. The molecule has 3 nitrogen and oxygen atoms in total. The molecule has 0 fully saturated rings. The highest BCUT2D eigenvalue weighted by Crippen LogP contribution is 2.25. The Hall–Kier alpha value is -1.71. The first kappa shape index (κ1) is 16.7. The van der Waals surface area contributed by atoms with E-state index in [9.17, 15) is 4.79 Å². The van der Waals surface area contributed by atoms with E-state index in [0.29, 0.717) is 15.8 Å². The molecule has 2 rings (SSSR count). The van der Waals surface area contributed by atoms with Gasteiger partial charge in [0.2, 0.25) is 0 Å². The molecular weight excluding hydrogens is 321 g/mol. The zero-order valence-electron chi connectivity index (χ0n) is 12.6. The number of nitrogens with one attached hydrogen (secondary N) is 1. The quantitative estimate of drug-likeness (QED) is 0.850. The molecule has 1 unspecified atom stereocenters. The van der Waals surface area contributed by atoms with Gasteiger partial charge in [-0.3, -0.25) is 4.79 Å². The van der Waals surface area contributed by atoms with Crippen LogP contribution in [0.25, 0.3) is 0 Å². The molecule has 0 saturated heterocycles. The number of carbonyl (C=O) groups excluding carboxylic acids is 1. The summed E-state index contributed by atoms with van der Waals surface area (Å²) in [5, 5.41) is 3.80. The summed E-state index contributed by atoms with van der Waals surface area (Å²) in [6, 6.07) is 10.6. The number of amides is 1. The SMILES string of the molecule is Cc1cccc(NC(=O)C(C)Oc2cc(Cl)cc(Cl)c2)c1C. The smallest absolute Gasteiger partial charge is 0.265 e. The van der Waals surface area contributed by atoms with Crippen LogP contribution in [-0.2, 0) is 4.79 Å². The Morgan fingerprint density at radius 1 is 1.14 bits per heavy atom. The van der Waals surface area contributed by atoms with E-state index >= 15 is 0 Å². The topological polar surface area (TPSA) is 38.3 Å². The van der Waals surface area contributed by atoms with Crippen LogP contribution in [0.15, 0.2) is 36.4 Å². The first-order chi connectivity index (χ1) is 10.4. The fraction of sp³-hybridized carbons (Fsp3) is 0.235. The van der Waals surface area contributed by atoms with E-state index in [2.05, 4.69) is 5.32 Å². The summed E-state index contributed by atoms with van der Waals surface area (Å²) in [4.78, 5) is 12.2. The molecule has 1 atom stereocenters. The second-order valence-corrected chi connectivity index (χ2v) is 5.97. The minimum Gasteiger partial charge on any atom is -0.481 e. The third kappa shape index (κ3) is 4.15. The van der Waals surface area contributed by atoms with Crippen molar-refractivity contribution in [3.63, 3.8) is 0 Å². The molecule has 0 heterocycles. The number of benzene rings is 2. The largest absolute Gasteiger partial charge is 0.481 e. The van der Waals surface area contributed by atoms with E-state index in [1.54, 1.807) is 25.1 Å². The summed E-state index contributed by atoms with van der Waals surface area (Å²) in [5.74, 6) is 0.228. The van der Waals surface area contributed by atoms with Crippen molar-refractivity contribution in [3.05, 3.63) is 57.6 Å². The van der Waals surface area contributed by atoms with Crippen LogP contribution in [0, 0.1) is 13.8 Å². The minimum absolute atomic E-state index is 0.232. The molecule has 0 aliphatic rings. The first-order valence-electron chi connectivity index (χ1n) is 6.86. The van der Waals surface area contributed by atoms with E-state index in [1.807, 2.05) is 32.0 Å². The third-order valence-corrected chi connectivity index (χ3v) is 3.82. The molecule has 0 saturated carbocycles. The Labute approximate surface area is 140 Å². The predicted molar refractivity (Wildman–Crippen MR) is 91.1 cm³/mol. The number of hydrogen-bond donors (Lipinski definition) is 1. The molecule has 1 amide bonds. The fourth-order valence-corrected chi connectivity index (χ4v) is 2.48. The van der Waals surface area contributed by atoms with E-state index < -0.39 is 6.10 Å². The molecule has 0 bridgehead atoms. The molecule has 0 aliphatic carbocycles. The lowest BCUT2D eigenvalue weighted by atomic mass is 10.1. The normalized spacial score (nSPS) is 11.9. The molecule has 5 heteroatoms. The monoisotopic (exact) mass is 337 g/mol. The molecule has 116 valence electrons. The van der Waals surface area contributed by atoms with Gasteiger partial charge in [-0.25, -0.2) is 0 Å². The van der Waals surface area contributed by atoms with Crippen molar-refractivity contribution in [2.24, 2.45) is 0 Å². The van der Waals surface area contributed by atoms with Crippen molar-refractivity contribution < 1.29 is 9.53 Å². The maximum Gasteiger partial charge on any atom is 0.265 e. The molecule has 0 aromatic heterocycles. The molecule has 22 heavy (non-hydrogen) atoms. The van der Waals surface area contributed by atoms with Crippen LogP contribution in [0.5, 0.6) is 5.75 Å². The van der Waals surface area contributed by atoms with Gasteiger partial charge in [-0.15, -0.1) is 0 Å². The summed E-state index contributed by atoms with van der Waals surface area (Å²) in [6.45, 7) is 5.64. The van der Waals surface area contributed by atoms with Crippen LogP contribution in [0.2, 0.25) is 10.0 Å². The van der Waals surface area contributed by atoms with Gasteiger partial charge in [-0.1, -0.05) is 35.3 Å². The van der Waals surface area contributed by atoms with Crippen molar-refractivity contribution in [2.75, 3.05) is 5.32 Å². The summed E-state index contributed by atoms with van der Waals surface area (Å²) in [6.07, 6.45) is -0.672. The van der Waals surface area contributed by atoms with Crippen molar-refractivity contribution in [3.8, 4) is 5.75 Å².